The Hall–Kier alpha value is -4.07. The summed E-state index contributed by atoms with van der Waals surface area (Å²) in [5.41, 5.74) is 1.82. The number of aromatic carboxylic acids is 1. The number of hydrogen-bond acceptors (Lipinski definition) is 7. The van der Waals surface area contributed by atoms with Gasteiger partial charge in [-0.3, -0.25) is 0 Å². The van der Waals surface area contributed by atoms with Crippen LogP contribution in [0.2, 0.25) is 0 Å². The van der Waals surface area contributed by atoms with Gasteiger partial charge in [0.05, 0.1) is 17.9 Å². The van der Waals surface area contributed by atoms with Gasteiger partial charge in [-0.05, 0) is 43.3 Å². The van der Waals surface area contributed by atoms with Crippen molar-refractivity contribution in [3.05, 3.63) is 72.6 Å². The monoisotopic (exact) mass is 387 g/mol. The van der Waals surface area contributed by atoms with Crippen molar-refractivity contribution in [1.82, 2.24) is 19.9 Å². The fraction of sp³-hybridized carbons (Fsp3) is 0.0952. The van der Waals surface area contributed by atoms with E-state index in [-0.39, 0.29) is 5.82 Å². The number of carbonyl (C=O) groups is 1. The second kappa shape index (κ2) is 7.51. The van der Waals surface area contributed by atoms with Gasteiger partial charge in [-0.1, -0.05) is 12.1 Å². The number of fused-ring (bicyclic) bond motifs is 1. The lowest BCUT2D eigenvalue weighted by Gasteiger charge is -2.20. The molecule has 29 heavy (non-hydrogen) atoms. The second-order valence-corrected chi connectivity index (χ2v) is 6.31. The molecule has 0 aliphatic heterocycles. The standard InChI is InChI=1S/C21H17N5O3/c1-13-24-18-6-4-3-5-17(18)20(25-13)26(2)14-7-9-15(10-8-14)29-16-11-22-19(21(27)28)23-12-16/h3-12H,1-2H3,(H,27,28). The van der Waals surface area contributed by atoms with E-state index >= 15 is 0 Å². The predicted molar refractivity (Wildman–Crippen MR) is 108 cm³/mol. The molecule has 1 N–H and O–H groups in total. The summed E-state index contributed by atoms with van der Waals surface area (Å²) in [6.45, 7) is 1.87. The number of para-hydroxylation sites is 1. The molecule has 0 unspecified atom stereocenters. The summed E-state index contributed by atoms with van der Waals surface area (Å²) in [6, 6.07) is 15.3. The summed E-state index contributed by atoms with van der Waals surface area (Å²) >= 11 is 0. The molecule has 0 bridgehead atoms. The zero-order valence-corrected chi connectivity index (χ0v) is 15.8. The van der Waals surface area contributed by atoms with Crippen LogP contribution in [0.1, 0.15) is 16.4 Å². The summed E-state index contributed by atoms with van der Waals surface area (Å²) in [5.74, 6) is 0.999. The number of ether oxygens (including phenoxy) is 1. The van der Waals surface area contributed by atoms with Gasteiger partial charge < -0.3 is 14.7 Å². The lowest BCUT2D eigenvalue weighted by molar-refractivity contribution is 0.0683. The molecule has 0 aliphatic rings. The number of aryl methyl sites for hydroxylation is 1. The average Bonchev–Trinajstić information content (AvgIpc) is 2.73. The van der Waals surface area contributed by atoms with Crippen molar-refractivity contribution in [2.24, 2.45) is 0 Å². The number of benzene rings is 2. The van der Waals surface area contributed by atoms with Crippen LogP contribution in [-0.2, 0) is 0 Å². The van der Waals surface area contributed by atoms with Crippen LogP contribution in [0, 0.1) is 6.92 Å². The summed E-state index contributed by atoms with van der Waals surface area (Å²) < 4.78 is 5.68. The third-order valence-corrected chi connectivity index (χ3v) is 4.29. The Balaban J connectivity index is 1.57. The molecule has 0 radical (unpaired) electrons. The van der Waals surface area contributed by atoms with Crippen LogP contribution >= 0.6 is 0 Å². The number of aromatic nitrogens is 4. The molecule has 0 aliphatic carbocycles. The van der Waals surface area contributed by atoms with E-state index in [2.05, 4.69) is 19.9 Å². The first-order valence-corrected chi connectivity index (χ1v) is 8.81. The summed E-state index contributed by atoms with van der Waals surface area (Å²) in [5, 5.41) is 9.81. The van der Waals surface area contributed by atoms with Crippen LogP contribution in [0.3, 0.4) is 0 Å². The second-order valence-electron chi connectivity index (χ2n) is 6.31. The molecule has 2 aromatic carbocycles. The minimum Gasteiger partial charge on any atom is -0.475 e. The highest BCUT2D eigenvalue weighted by Gasteiger charge is 2.12. The minimum absolute atomic E-state index is 0.276. The van der Waals surface area contributed by atoms with Crippen LogP contribution in [0.4, 0.5) is 11.5 Å². The maximum atomic E-state index is 10.8. The topological polar surface area (TPSA) is 101 Å². The van der Waals surface area contributed by atoms with E-state index in [4.69, 9.17) is 9.84 Å². The molecule has 0 spiro atoms. The van der Waals surface area contributed by atoms with Crippen LogP contribution in [0.5, 0.6) is 11.5 Å². The maximum Gasteiger partial charge on any atom is 0.373 e. The summed E-state index contributed by atoms with van der Waals surface area (Å²) in [7, 11) is 1.95. The molecule has 0 fully saturated rings. The minimum atomic E-state index is -1.18. The first-order chi connectivity index (χ1) is 14.0. The number of carboxylic acids is 1. The molecule has 2 aromatic heterocycles. The SMILES string of the molecule is Cc1nc(N(C)c2ccc(Oc3cnc(C(=O)O)nc3)cc2)c2ccccc2n1. The summed E-state index contributed by atoms with van der Waals surface area (Å²) in [4.78, 5) is 29.4. The Kier molecular flexibility index (Phi) is 4.74. The van der Waals surface area contributed by atoms with Crippen LogP contribution in [0.25, 0.3) is 10.9 Å². The van der Waals surface area contributed by atoms with Crippen molar-refractivity contribution in [2.45, 2.75) is 6.92 Å². The summed E-state index contributed by atoms with van der Waals surface area (Å²) in [6.07, 6.45) is 2.65. The van der Waals surface area contributed by atoms with E-state index in [0.29, 0.717) is 17.3 Å². The van der Waals surface area contributed by atoms with E-state index in [1.165, 1.54) is 12.4 Å². The molecule has 0 saturated carbocycles. The first kappa shape index (κ1) is 18.3. The van der Waals surface area contributed by atoms with Crippen molar-refractivity contribution in [1.29, 1.82) is 0 Å². The third-order valence-electron chi connectivity index (χ3n) is 4.29. The molecule has 8 heteroatoms. The van der Waals surface area contributed by atoms with Gasteiger partial charge in [-0.25, -0.2) is 24.7 Å². The van der Waals surface area contributed by atoms with Gasteiger partial charge in [0.1, 0.15) is 17.4 Å². The van der Waals surface area contributed by atoms with E-state index in [0.717, 1.165) is 22.4 Å². The van der Waals surface area contributed by atoms with Crippen molar-refractivity contribution < 1.29 is 14.6 Å². The number of anilines is 2. The number of carboxylic acid groups (broad SMARTS) is 1. The Bertz CT molecular complexity index is 1180. The van der Waals surface area contributed by atoms with Crippen LogP contribution in [-0.4, -0.2) is 38.1 Å². The Morgan fingerprint density at radius 1 is 0.966 bits per heavy atom. The third kappa shape index (κ3) is 3.81. The Morgan fingerprint density at radius 3 is 2.34 bits per heavy atom. The molecule has 8 nitrogen and oxygen atoms in total. The number of hydrogen-bond donors (Lipinski definition) is 1. The molecule has 4 rings (SSSR count). The first-order valence-electron chi connectivity index (χ1n) is 8.81. The lowest BCUT2D eigenvalue weighted by Crippen LogP contribution is -2.12. The Labute approximate surface area is 166 Å². The fourth-order valence-corrected chi connectivity index (χ4v) is 2.90. The highest BCUT2D eigenvalue weighted by molar-refractivity contribution is 5.91. The van der Waals surface area contributed by atoms with Gasteiger partial charge in [0.2, 0.25) is 5.82 Å². The normalized spacial score (nSPS) is 10.7. The number of nitrogens with zero attached hydrogens (tertiary/aromatic N) is 5. The van der Waals surface area contributed by atoms with E-state index in [9.17, 15) is 4.79 Å². The fourth-order valence-electron chi connectivity index (χ4n) is 2.90. The van der Waals surface area contributed by atoms with Crippen molar-refractivity contribution in [3.8, 4) is 11.5 Å². The highest BCUT2D eigenvalue weighted by atomic mass is 16.5. The zero-order chi connectivity index (χ0) is 20.4. The molecule has 0 saturated heterocycles. The molecular weight excluding hydrogens is 370 g/mol. The van der Waals surface area contributed by atoms with Crippen LogP contribution in [0.15, 0.2) is 60.9 Å². The highest BCUT2D eigenvalue weighted by Crippen LogP contribution is 2.30. The van der Waals surface area contributed by atoms with Crippen LogP contribution < -0.4 is 9.64 Å². The molecule has 0 atom stereocenters. The molecule has 2 heterocycles. The molecule has 4 aromatic rings. The Morgan fingerprint density at radius 2 is 1.66 bits per heavy atom. The largest absolute Gasteiger partial charge is 0.475 e. The number of rotatable bonds is 5. The van der Waals surface area contributed by atoms with Gasteiger partial charge in [-0.2, -0.15) is 0 Å². The van der Waals surface area contributed by atoms with Crippen molar-refractivity contribution >= 4 is 28.4 Å². The van der Waals surface area contributed by atoms with Crippen molar-refractivity contribution in [2.75, 3.05) is 11.9 Å². The lowest BCUT2D eigenvalue weighted by atomic mass is 10.2. The van der Waals surface area contributed by atoms with E-state index < -0.39 is 5.97 Å². The molecule has 144 valence electrons. The smallest absolute Gasteiger partial charge is 0.373 e. The van der Waals surface area contributed by atoms with Gasteiger partial charge in [0, 0.05) is 18.1 Å². The molecular formula is C21H17N5O3. The van der Waals surface area contributed by atoms with E-state index in [1.54, 1.807) is 0 Å². The van der Waals surface area contributed by atoms with E-state index in [1.807, 2.05) is 67.4 Å². The average molecular weight is 387 g/mol. The van der Waals surface area contributed by atoms with Gasteiger partial charge in [-0.15, -0.1) is 0 Å². The zero-order valence-electron chi connectivity index (χ0n) is 15.8. The van der Waals surface area contributed by atoms with Gasteiger partial charge in [0.25, 0.3) is 0 Å². The molecule has 0 amide bonds. The quantitative estimate of drug-likeness (QED) is 0.549. The maximum absolute atomic E-state index is 10.8. The predicted octanol–water partition coefficient (Wildman–Crippen LogP) is 3.99. The van der Waals surface area contributed by atoms with Crippen molar-refractivity contribution in [3.63, 3.8) is 0 Å². The van der Waals surface area contributed by atoms with Gasteiger partial charge in [0.15, 0.2) is 5.75 Å². The van der Waals surface area contributed by atoms with Gasteiger partial charge >= 0.3 is 5.97 Å².